The molecule has 0 bridgehead atoms. The van der Waals surface area contributed by atoms with E-state index in [4.69, 9.17) is 0 Å². The third kappa shape index (κ3) is 2.34. The molecule has 0 amide bonds. The molecule has 1 N–H and O–H groups in total. The second kappa shape index (κ2) is 6.48. The summed E-state index contributed by atoms with van der Waals surface area (Å²) in [7, 11) is 9.00. The van der Waals surface area contributed by atoms with Crippen molar-refractivity contribution < 1.29 is 5.11 Å². The molecule has 5 rings (SSSR count). The molecule has 11 unspecified atom stereocenters. The number of nitrogens with zero attached hydrogens (tertiary/aromatic N) is 2. The van der Waals surface area contributed by atoms with Crippen LogP contribution in [-0.4, -0.2) is 61.3 Å². The predicted octanol–water partition coefficient (Wildman–Crippen LogP) is 4.89. The van der Waals surface area contributed by atoms with Gasteiger partial charge in [0.05, 0.1) is 6.10 Å². The molecule has 0 aromatic heterocycles. The summed E-state index contributed by atoms with van der Waals surface area (Å²) in [6.07, 6.45) is 10.9. The van der Waals surface area contributed by atoms with Crippen LogP contribution in [0.4, 0.5) is 0 Å². The molecular formula is C27H48N2O. The van der Waals surface area contributed by atoms with Gasteiger partial charge >= 0.3 is 0 Å². The van der Waals surface area contributed by atoms with E-state index in [1.165, 1.54) is 44.9 Å². The van der Waals surface area contributed by atoms with Crippen LogP contribution in [0.25, 0.3) is 0 Å². The molecule has 3 nitrogen and oxygen atoms in total. The molecule has 0 radical (unpaired) electrons. The van der Waals surface area contributed by atoms with E-state index in [-0.39, 0.29) is 11.5 Å². The van der Waals surface area contributed by atoms with Crippen LogP contribution >= 0.6 is 0 Å². The lowest BCUT2D eigenvalue weighted by atomic mass is 9.43. The Morgan fingerprint density at radius 2 is 1.60 bits per heavy atom. The number of hydrogen-bond acceptors (Lipinski definition) is 3. The Morgan fingerprint density at radius 1 is 0.900 bits per heavy atom. The molecule has 5 aliphatic rings. The van der Waals surface area contributed by atoms with Crippen molar-refractivity contribution >= 4 is 0 Å². The van der Waals surface area contributed by atoms with Crippen LogP contribution in [0.5, 0.6) is 0 Å². The summed E-state index contributed by atoms with van der Waals surface area (Å²) in [4.78, 5) is 4.87. The quantitative estimate of drug-likeness (QED) is 0.710. The Balaban J connectivity index is 1.48. The summed E-state index contributed by atoms with van der Waals surface area (Å²) >= 11 is 0. The topological polar surface area (TPSA) is 26.7 Å². The molecule has 11 atom stereocenters. The highest BCUT2D eigenvalue weighted by atomic mass is 16.3. The molecule has 5 aliphatic carbocycles. The van der Waals surface area contributed by atoms with Crippen molar-refractivity contribution in [3.63, 3.8) is 0 Å². The monoisotopic (exact) mass is 416 g/mol. The molecule has 0 aromatic carbocycles. The Bertz CT molecular complexity index is 707. The van der Waals surface area contributed by atoms with Crippen LogP contribution < -0.4 is 0 Å². The second-order valence-electron chi connectivity index (χ2n) is 13.5. The van der Waals surface area contributed by atoms with Crippen molar-refractivity contribution in [2.45, 2.75) is 97.2 Å². The number of aliphatic hydroxyl groups excluding tert-OH is 1. The van der Waals surface area contributed by atoms with Crippen LogP contribution in [0, 0.1) is 45.3 Å². The number of hydrogen-bond donors (Lipinski definition) is 1. The van der Waals surface area contributed by atoms with Crippen LogP contribution in [0.1, 0.15) is 79.1 Å². The fraction of sp³-hybridized carbons (Fsp3) is 1.00. The lowest BCUT2D eigenvalue weighted by Gasteiger charge is -2.62. The number of rotatable bonds is 3. The summed E-state index contributed by atoms with van der Waals surface area (Å²) in [6.45, 7) is 10.1. The maximum atomic E-state index is 11.4. The first-order valence-electron chi connectivity index (χ1n) is 13.0. The first-order valence-corrected chi connectivity index (χ1v) is 13.0. The highest BCUT2D eigenvalue weighted by Gasteiger charge is 2.81. The summed E-state index contributed by atoms with van der Waals surface area (Å²) in [5.41, 5.74) is 1.82. The van der Waals surface area contributed by atoms with Gasteiger partial charge < -0.3 is 14.9 Å². The minimum atomic E-state index is -0.136. The first-order chi connectivity index (χ1) is 14.0. The molecule has 0 aliphatic heterocycles. The van der Waals surface area contributed by atoms with E-state index in [1.807, 2.05) is 0 Å². The zero-order chi connectivity index (χ0) is 21.9. The first kappa shape index (κ1) is 21.7. The van der Waals surface area contributed by atoms with E-state index in [2.05, 4.69) is 65.7 Å². The van der Waals surface area contributed by atoms with Crippen molar-refractivity contribution in [2.24, 2.45) is 45.3 Å². The smallest absolute Gasteiger partial charge is 0.0594 e. The van der Waals surface area contributed by atoms with Crippen LogP contribution in [0.2, 0.25) is 0 Å². The van der Waals surface area contributed by atoms with Gasteiger partial charge in [0.2, 0.25) is 0 Å². The van der Waals surface area contributed by atoms with Gasteiger partial charge in [0.1, 0.15) is 0 Å². The molecule has 30 heavy (non-hydrogen) atoms. The van der Waals surface area contributed by atoms with E-state index < -0.39 is 0 Å². The maximum Gasteiger partial charge on any atom is 0.0594 e. The molecule has 5 fully saturated rings. The Hall–Kier alpha value is -0.120. The summed E-state index contributed by atoms with van der Waals surface area (Å²) in [6, 6.07) is 1.22. The Labute approximate surface area is 186 Å². The summed E-state index contributed by atoms with van der Waals surface area (Å²) in [5.74, 6) is 3.01. The van der Waals surface area contributed by atoms with Crippen molar-refractivity contribution in [1.82, 2.24) is 9.80 Å². The molecular weight excluding hydrogens is 368 g/mol. The van der Waals surface area contributed by atoms with Gasteiger partial charge in [-0.25, -0.2) is 0 Å². The lowest BCUT2D eigenvalue weighted by molar-refractivity contribution is -0.138. The van der Waals surface area contributed by atoms with Gasteiger partial charge in [-0.15, -0.1) is 0 Å². The standard InChI is InChI=1S/C27H48N2O/c1-17-19-9-10-22-25(4)15-21(30)23(18(2)28(5)6)24(25,3)13-14-27(22)16-26(19,27)12-11-20(17)29(7)8/h17-23,30H,9-16H2,1-8H3. The summed E-state index contributed by atoms with van der Waals surface area (Å²) in [5, 5.41) is 11.4. The normalized spacial score (nSPS) is 58.1. The van der Waals surface area contributed by atoms with E-state index >= 15 is 0 Å². The molecule has 2 spiro atoms. The van der Waals surface area contributed by atoms with Gasteiger partial charge in [-0.05, 0) is 126 Å². The predicted molar refractivity (Wildman–Crippen MR) is 124 cm³/mol. The SMILES string of the molecule is CC1C(N(C)C)CCC23CC24CCC2(C)C(C(C)N(C)C)C(O)CC2(C)C4CCC13. The van der Waals surface area contributed by atoms with Crippen molar-refractivity contribution in [1.29, 1.82) is 0 Å². The van der Waals surface area contributed by atoms with E-state index in [0.717, 1.165) is 30.2 Å². The van der Waals surface area contributed by atoms with E-state index in [9.17, 15) is 5.11 Å². The van der Waals surface area contributed by atoms with Crippen molar-refractivity contribution in [3.05, 3.63) is 0 Å². The third-order valence-electron chi connectivity index (χ3n) is 12.7. The minimum Gasteiger partial charge on any atom is -0.393 e. The average molecular weight is 417 g/mol. The van der Waals surface area contributed by atoms with Crippen molar-refractivity contribution in [2.75, 3.05) is 28.2 Å². The largest absolute Gasteiger partial charge is 0.393 e. The zero-order valence-corrected chi connectivity index (χ0v) is 21.0. The molecule has 0 aromatic rings. The number of fused-ring (bicyclic) bond motifs is 2. The molecule has 0 saturated heterocycles. The second-order valence-corrected chi connectivity index (χ2v) is 13.5. The van der Waals surface area contributed by atoms with Gasteiger partial charge in [0.25, 0.3) is 0 Å². The number of aliphatic hydroxyl groups is 1. The fourth-order valence-corrected chi connectivity index (χ4v) is 11.0. The maximum absolute atomic E-state index is 11.4. The Morgan fingerprint density at radius 3 is 2.23 bits per heavy atom. The fourth-order valence-electron chi connectivity index (χ4n) is 11.0. The van der Waals surface area contributed by atoms with Crippen molar-refractivity contribution in [3.8, 4) is 0 Å². The van der Waals surface area contributed by atoms with Gasteiger partial charge in [-0.3, -0.25) is 0 Å². The lowest BCUT2D eigenvalue weighted by Crippen LogP contribution is -2.57. The third-order valence-corrected chi connectivity index (χ3v) is 12.7. The molecule has 3 heteroatoms. The van der Waals surface area contributed by atoms with Gasteiger partial charge in [0, 0.05) is 18.0 Å². The van der Waals surface area contributed by atoms with Gasteiger partial charge in [-0.2, -0.15) is 0 Å². The summed E-state index contributed by atoms with van der Waals surface area (Å²) < 4.78 is 0. The van der Waals surface area contributed by atoms with Gasteiger partial charge in [0.15, 0.2) is 0 Å². The highest BCUT2D eigenvalue weighted by Crippen LogP contribution is 2.88. The minimum absolute atomic E-state index is 0.136. The highest BCUT2D eigenvalue weighted by molar-refractivity contribution is 5.30. The van der Waals surface area contributed by atoms with Crippen LogP contribution in [0.15, 0.2) is 0 Å². The van der Waals surface area contributed by atoms with E-state index in [1.54, 1.807) is 0 Å². The molecule has 0 heterocycles. The molecule has 172 valence electrons. The average Bonchev–Trinajstić information content (AvgIpc) is 3.26. The molecule has 5 saturated carbocycles. The zero-order valence-electron chi connectivity index (χ0n) is 21.0. The van der Waals surface area contributed by atoms with Gasteiger partial charge in [-0.1, -0.05) is 20.8 Å². The Kier molecular flexibility index (Phi) is 4.69. The van der Waals surface area contributed by atoms with Crippen LogP contribution in [0.3, 0.4) is 0 Å². The van der Waals surface area contributed by atoms with Crippen LogP contribution in [-0.2, 0) is 0 Å². The van der Waals surface area contributed by atoms with E-state index in [0.29, 0.717) is 28.2 Å².